The zero-order valence-electron chi connectivity index (χ0n) is 14.1. The Bertz CT molecular complexity index is 656. The molecule has 2 aliphatic carbocycles. The van der Waals surface area contributed by atoms with Gasteiger partial charge in [-0.2, -0.15) is 0 Å². The molecule has 0 bridgehead atoms. The molecule has 0 amide bonds. The predicted molar refractivity (Wildman–Crippen MR) is 84.4 cm³/mol. The zero-order chi connectivity index (χ0) is 16.5. The van der Waals surface area contributed by atoms with Gasteiger partial charge in [0.05, 0.1) is 0 Å². The van der Waals surface area contributed by atoms with Crippen molar-refractivity contribution < 1.29 is 19.1 Å². The van der Waals surface area contributed by atoms with Gasteiger partial charge in [0.2, 0.25) is 0 Å². The van der Waals surface area contributed by atoms with Crippen molar-refractivity contribution in [3.8, 4) is 0 Å². The first-order valence-electron chi connectivity index (χ1n) is 8.61. The summed E-state index contributed by atoms with van der Waals surface area (Å²) in [6, 6.07) is 0. The van der Waals surface area contributed by atoms with Gasteiger partial charge < -0.3 is 9.47 Å². The summed E-state index contributed by atoms with van der Waals surface area (Å²) >= 11 is 0. The van der Waals surface area contributed by atoms with Crippen LogP contribution < -0.4 is 0 Å². The fraction of sp³-hybridized carbons (Fsp3) is 0.684. The van der Waals surface area contributed by atoms with Crippen molar-refractivity contribution in [1.82, 2.24) is 0 Å². The molecule has 4 nitrogen and oxygen atoms in total. The molecule has 23 heavy (non-hydrogen) atoms. The number of carbonyl (C=O) groups is 2. The van der Waals surface area contributed by atoms with E-state index in [0.29, 0.717) is 18.1 Å². The number of esters is 2. The van der Waals surface area contributed by atoms with Gasteiger partial charge in [-0.1, -0.05) is 20.3 Å². The Morgan fingerprint density at radius 1 is 1.17 bits per heavy atom. The first kappa shape index (κ1) is 15.0. The third-order valence-corrected chi connectivity index (χ3v) is 6.63. The summed E-state index contributed by atoms with van der Waals surface area (Å²) < 4.78 is 11.3. The Morgan fingerprint density at radius 2 is 1.96 bits per heavy atom. The molecule has 0 radical (unpaired) electrons. The average molecular weight is 316 g/mol. The molecule has 1 unspecified atom stereocenters. The third-order valence-electron chi connectivity index (χ3n) is 6.63. The predicted octanol–water partition coefficient (Wildman–Crippen LogP) is 3.32. The number of rotatable bonds is 0. The Kier molecular flexibility index (Phi) is 2.92. The van der Waals surface area contributed by atoms with Crippen LogP contribution in [0.15, 0.2) is 23.3 Å². The molecular weight excluding hydrogens is 292 g/mol. The summed E-state index contributed by atoms with van der Waals surface area (Å²) in [7, 11) is 0. The molecule has 0 aromatic rings. The molecule has 2 aliphatic heterocycles. The van der Waals surface area contributed by atoms with E-state index in [1.54, 1.807) is 13.0 Å². The van der Waals surface area contributed by atoms with Crippen LogP contribution >= 0.6 is 0 Å². The smallest absolute Gasteiger partial charge is 0.334 e. The van der Waals surface area contributed by atoms with Crippen molar-refractivity contribution in [3.05, 3.63) is 23.3 Å². The van der Waals surface area contributed by atoms with Crippen LogP contribution in [0.4, 0.5) is 0 Å². The van der Waals surface area contributed by atoms with E-state index in [0.717, 1.165) is 31.3 Å². The van der Waals surface area contributed by atoms with Crippen LogP contribution in [0.25, 0.3) is 0 Å². The van der Waals surface area contributed by atoms with Gasteiger partial charge in [0.15, 0.2) is 5.60 Å². The van der Waals surface area contributed by atoms with Gasteiger partial charge >= 0.3 is 11.9 Å². The van der Waals surface area contributed by atoms with Gasteiger partial charge in [-0.25, -0.2) is 9.59 Å². The Hall–Kier alpha value is -1.58. The van der Waals surface area contributed by atoms with Gasteiger partial charge in [0.25, 0.3) is 0 Å². The van der Waals surface area contributed by atoms with Gasteiger partial charge in [-0.3, -0.25) is 0 Å². The lowest BCUT2D eigenvalue weighted by Crippen LogP contribution is -2.58. The fourth-order valence-electron chi connectivity index (χ4n) is 5.68. The van der Waals surface area contributed by atoms with Crippen LogP contribution in [0.1, 0.15) is 52.9 Å². The van der Waals surface area contributed by atoms with Crippen molar-refractivity contribution in [1.29, 1.82) is 0 Å². The molecule has 2 fully saturated rings. The van der Waals surface area contributed by atoms with Gasteiger partial charge in [0, 0.05) is 17.1 Å². The first-order chi connectivity index (χ1) is 10.8. The van der Waals surface area contributed by atoms with Crippen molar-refractivity contribution in [2.75, 3.05) is 6.61 Å². The minimum absolute atomic E-state index is 0.171. The highest BCUT2D eigenvalue weighted by molar-refractivity contribution is 5.93. The molecule has 0 aromatic heterocycles. The third kappa shape index (κ3) is 1.90. The number of carbonyl (C=O) groups excluding carboxylic acids is 2. The van der Waals surface area contributed by atoms with E-state index in [4.69, 9.17) is 9.47 Å². The maximum atomic E-state index is 12.1. The van der Waals surface area contributed by atoms with Crippen LogP contribution in [-0.4, -0.2) is 24.1 Å². The number of cyclic esters (lactones) is 1. The second-order valence-corrected chi connectivity index (χ2v) is 8.36. The number of ether oxygens (including phenoxy) is 2. The highest BCUT2D eigenvalue weighted by atomic mass is 16.6. The normalized spacial score (nSPS) is 41.4. The van der Waals surface area contributed by atoms with Crippen LogP contribution in [0.2, 0.25) is 0 Å². The maximum Gasteiger partial charge on any atom is 0.334 e. The average Bonchev–Trinajstić information content (AvgIpc) is 2.75. The summed E-state index contributed by atoms with van der Waals surface area (Å²) in [5.74, 6) is -0.0988. The molecule has 4 rings (SSSR count). The molecular formula is C19H24O4. The zero-order valence-corrected chi connectivity index (χ0v) is 14.1. The minimum Gasteiger partial charge on any atom is -0.462 e. The fourth-order valence-corrected chi connectivity index (χ4v) is 5.68. The summed E-state index contributed by atoms with van der Waals surface area (Å²) in [5, 5.41) is 0. The number of hydrogen-bond donors (Lipinski definition) is 0. The van der Waals surface area contributed by atoms with Crippen molar-refractivity contribution >= 4 is 11.9 Å². The van der Waals surface area contributed by atoms with Crippen molar-refractivity contribution in [2.45, 2.75) is 58.5 Å². The highest BCUT2D eigenvalue weighted by Crippen LogP contribution is 2.64. The van der Waals surface area contributed by atoms with Crippen LogP contribution in [0.5, 0.6) is 0 Å². The van der Waals surface area contributed by atoms with E-state index in [1.165, 1.54) is 6.42 Å². The summed E-state index contributed by atoms with van der Waals surface area (Å²) in [6.07, 6.45) is 8.66. The largest absolute Gasteiger partial charge is 0.462 e. The first-order valence-corrected chi connectivity index (χ1v) is 8.61. The molecule has 0 saturated heterocycles. The van der Waals surface area contributed by atoms with Crippen LogP contribution in [0, 0.1) is 16.7 Å². The highest BCUT2D eigenvalue weighted by Gasteiger charge is 2.62. The molecule has 4 aliphatic rings. The van der Waals surface area contributed by atoms with Crippen LogP contribution in [0.3, 0.4) is 0 Å². The standard InChI is InChI=1S/C19H24O4/c1-12-10-19(23-16(12)21)8-5-13-17(2,3)6-4-7-18(13)11-22-15(20)9-14(18)19/h9-10,13H,4-8,11H2,1-3H3/t13?,18-,19+/m1/s1. The second-order valence-electron chi connectivity index (χ2n) is 8.36. The lowest BCUT2D eigenvalue weighted by atomic mass is 9.46. The van der Waals surface area contributed by atoms with Gasteiger partial charge in [-0.15, -0.1) is 0 Å². The molecule has 2 heterocycles. The number of fused-ring (bicyclic) bond motifs is 1. The van der Waals surface area contributed by atoms with E-state index in [-0.39, 0.29) is 22.8 Å². The van der Waals surface area contributed by atoms with E-state index >= 15 is 0 Å². The minimum atomic E-state index is -0.718. The number of hydrogen-bond acceptors (Lipinski definition) is 4. The lowest BCUT2D eigenvalue weighted by molar-refractivity contribution is -0.163. The Labute approximate surface area is 136 Å². The maximum absolute atomic E-state index is 12.1. The second kappa shape index (κ2) is 4.49. The molecule has 2 spiro atoms. The SMILES string of the molecule is CC1=C[C@]2(CCC3C(C)(C)CCC[C@@]34COC(=O)C=C42)OC1=O. The van der Waals surface area contributed by atoms with E-state index < -0.39 is 5.60 Å². The molecule has 2 saturated carbocycles. The van der Waals surface area contributed by atoms with E-state index in [1.807, 2.05) is 6.08 Å². The Morgan fingerprint density at radius 3 is 2.65 bits per heavy atom. The summed E-state index contributed by atoms with van der Waals surface area (Å²) in [6.45, 7) is 6.87. The lowest BCUT2D eigenvalue weighted by Gasteiger charge is -2.60. The van der Waals surface area contributed by atoms with E-state index in [2.05, 4.69) is 13.8 Å². The van der Waals surface area contributed by atoms with Gasteiger partial charge in [0.1, 0.15) is 6.61 Å². The molecule has 124 valence electrons. The molecule has 0 N–H and O–H groups in total. The van der Waals surface area contributed by atoms with Crippen molar-refractivity contribution in [2.24, 2.45) is 16.7 Å². The molecule has 3 atom stereocenters. The molecule has 4 heteroatoms. The quantitative estimate of drug-likeness (QED) is 0.643. The Balaban J connectivity index is 1.88. The van der Waals surface area contributed by atoms with E-state index in [9.17, 15) is 9.59 Å². The topological polar surface area (TPSA) is 52.6 Å². The molecule has 0 aromatic carbocycles. The monoisotopic (exact) mass is 316 g/mol. The van der Waals surface area contributed by atoms with Crippen LogP contribution in [-0.2, 0) is 19.1 Å². The summed E-state index contributed by atoms with van der Waals surface area (Å²) in [4.78, 5) is 24.0. The van der Waals surface area contributed by atoms with Gasteiger partial charge in [-0.05, 0) is 55.6 Å². The van der Waals surface area contributed by atoms with Crippen molar-refractivity contribution in [3.63, 3.8) is 0 Å². The summed E-state index contributed by atoms with van der Waals surface area (Å²) in [5.41, 5.74) is 0.966.